The van der Waals surface area contributed by atoms with Gasteiger partial charge in [-0.25, -0.2) is 4.79 Å². The number of fused-ring (bicyclic) bond motifs is 3. The summed E-state index contributed by atoms with van der Waals surface area (Å²) in [5.74, 6) is 1.55. The minimum atomic E-state index is -0.895. The van der Waals surface area contributed by atoms with Crippen LogP contribution in [0.15, 0.2) is 132 Å². The van der Waals surface area contributed by atoms with Crippen LogP contribution in [0.1, 0.15) is 63.2 Å². The van der Waals surface area contributed by atoms with E-state index in [0.29, 0.717) is 60.0 Å². The van der Waals surface area contributed by atoms with Crippen LogP contribution >= 0.6 is 0 Å². The maximum atomic E-state index is 14.1. The molecule has 13 nitrogen and oxygen atoms in total. The van der Waals surface area contributed by atoms with E-state index in [-0.39, 0.29) is 42.0 Å². The number of aromatic hydroxyl groups is 1. The molecule has 0 saturated carbocycles. The molecule has 2 unspecified atom stereocenters. The number of H-pyrrole nitrogens is 1. The van der Waals surface area contributed by atoms with Crippen molar-refractivity contribution < 1.29 is 34.0 Å². The smallest absolute Gasteiger partial charge is 0.408 e. The Bertz CT molecular complexity index is 2570. The SMILES string of the molecule is COc1cccc(CN(CCCNC[C@H](O)c2ccc(O)c3[nH]c(=O)ccc23)C(=O)c2ccc(COc3cccc([C@@H](NC(=O)O[C@H]4CN5CCC4C5)c4ccccc4)c3)cc2)c1. The molecule has 2 fully saturated rings. The van der Waals surface area contributed by atoms with E-state index in [1.165, 1.54) is 12.1 Å². The van der Waals surface area contributed by atoms with Gasteiger partial charge in [0.05, 0.1) is 24.8 Å². The zero-order valence-corrected chi connectivity index (χ0v) is 35.2. The van der Waals surface area contributed by atoms with E-state index >= 15 is 0 Å². The number of methoxy groups -OCH3 is 1. The van der Waals surface area contributed by atoms with Crippen LogP contribution in [0.2, 0.25) is 0 Å². The molecule has 8 rings (SSSR count). The number of ether oxygens (including phenoxy) is 3. The summed E-state index contributed by atoms with van der Waals surface area (Å²) >= 11 is 0. The Kier molecular flexibility index (Phi) is 13.7. The number of benzene rings is 5. The summed E-state index contributed by atoms with van der Waals surface area (Å²) < 4.78 is 17.6. The maximum Gasteiger partial charge on any atom is 0.408 e. The van der Waals surface area contributed by atoms with Crippen molar-refractivity contribution in [2.75, 3.05) is 46.4 Å². The highest BCUT2D eigenvalue weighted by Gasteiger charge is 2.40. The summed E-state index contributed by atoms with van der Waals surface area (Å²) in [5.41, 5.74) is 4.66. The minimum absolute atomic E-state index is 0.0661. The fraction of sp³-hybridized carbons (Fsp3) is 0.300. The lowest BCUT2D eigenvalue weighted by Gasteiger charge is -2.25. The van der Waals surface area contributed by atoms with Gasteiger partial charge in [0.25, 0.3) is 5.91 Å². The number of pyridine rings is 1. The van der Waals surface area contributed by atoms with Crippen LogP contribution in [0.25, 0.3) is 10.9 Å². The minimum Gasteiger partial charge on any atom is -0.506 e. The van der Waals surface area contributed by atoms with Gasteiger partial charge in [-0.3, -0.25) is 14.5 Å². The third kappa shape index (κ3) is 10.7. The lowest BCUT2D eigenvalue weighted by Crippen LogP contribution is -2.37. The molecule has 3 heterocycles. The van der Waals surface area contributed by atoms with Crippen LogP contribution in [-0.2, 0) is 17.9 Å². The Morgan fingerprint density at radius 1 is 0.873 bits per heavy atom. The van der Waals surface area contributed by atoms with Gasteiger partial charge in [-0.1, -0.05) is 72.8 Å². The standard InChI is InChI=1S/C50H53N5O8/c1-61-39-12-5-8-34(26-39)29-55(24-7-23-51-28-44(57)41-18-20-43(56)48-42(41)19-21-46(58)52-48)49(59)36-16-14-33(15-17-36)32-62-40-13-6-11-37(27-40)47(35-9-3-2-4-10-35)53-50(60)63-45-31-54-25-22-38(45)30-54/h2-6,8-21,26-27,38,44-45,47,51,56-57H,7,22-25,28-32H2,1H3,(H,52,58)(H,53,60)/t38?,44-,45-,47-/m0/s1. The average molecular weight is 852 g/mol. The number of carbonyl (C=O) groups is 2. The number of hydrogen-bond acceptors (Lipinski definition) is 10. The highest BCUT2D eigenvalue weighted by molar-refractivity contribution is 5.94. The number of phenols is 1. The molecule has 5 atom stereocenters. The molecule has 1 aromatic heterocycles. The Labute approximate surface area is 366 Å². The predicted molar refractivity (Wildman–Crippen MR) is 240 cm³/mol. The van der Waals surface area contributed by atoms with E-state index in [1.807, 2.05) is 103 Å². The van der Waals surface area contributed by atoms with Gasteiger partial charge in [0, 0.05) is 55.7 Å². The van der Waals surface area contributed by atoms with E-state index < -0.39 is 18.2 Å². The average Bonchev–Trinajstić information content (AvgIpc) is 3.94. The van der Waals surface area contributed by atoms with E-state index in [0.717, 1.165) is 48.3 Å². The number of carbonyl (C=O) groups excluding carboxylic acids is 2. The first kappa shape index (κ1) is 43.0. The molecule has 326 valence electrons. The molecular formula is C50H53N5O8. The first-order chi connectivity index (χ1) is 30.7. The molecular weight excluding hydrogens is 799 g/mol. The summed E-state index contributed by atoms with van der Waals surface area (Å²) in [6.07, 6.45) is 0.253. The number of piperidine rings is 1. The summed E-state index contributed by atoms with van der Waals surface area (Å²) in [7, 11) is 1.61. The molecule has 6 aromatic rings. The van der Waals surface area contributed by atoms with Crippen LogP contribution < -0.4 is 25.7 Å². The predicted octanol–water partition coefficient (Wildman–Crippen LogP) is 6.70. The molecule has 2 aliphatic heterocycles. The van der Waals surface area contributed by atoms with Gasteiger partial charge in [0.1, 0.15) is 30.0 Å². The number of phenolic OH excluding ortho intramolecular Hbond substituents is 1. The molecule has 63 heavy (non-hydrogen) atoms. The number of alkyl carbamates (subject to hydrolysis) is 1. The fourth-order valence-corrected chi connectivity index (χ4v) is 8.58. The molecule has 0 aliphatic carbocycles. The first-order valence-corrected chi connectivity index (χ1v) is 21.4. The zero-order valence-electron chi connectivity index (χ0n) is 35.2. The van der Waals surface area contributed by atoms with Crippen molar-refractivity contribution in [2.45, 2.75) is 44.2 Å². The lowest BCUT2D eigenvalue weighted by molar-refractivity contribution is 0.0672. The summed E-state index contributed by atoms with van der Waals surface area (Å²) in [6, 6.07) is 38.2. The van der Waals surface area contributed by atoms with E-state index in [2.05, 4.69) is 20.5 Å². The van der Waals surface area contributed by atoms with Crippen LogP contribution in [0.4, 0.5) is 4.79 Å². The molecule has 13 heteroatoms. The quantitative estimate of drug-likeness (QED) is 0.0588. The molecule has 2 bridgehead atoms. The van der Waals surface area contributed by atoms with Crippen LogP contribution in [0.3, 0.4) is 0 Å². The zero-order chi connectivity index (χ0) is 43.7. The number of hydrogen-bond donors (Lipinski definition) is 5. The van der Waals surface area contributed by atoms with Crippen molar-refractivity contribution in [3.05, 3.63) is 171 Å². The van der Waals surface area contributed by atoms with Crippen LogP contribution in [-0.4, -0.2) is 89.5 Å². The van der Waals surface area contributed by atoms with Gasteiger partial charge in [-0.05, 0) is 102 Å². The summed E-state index contributed by atoms with van der Waals surface area (Å²) in [6.45, 7) is 4.68. The van der Waals surface area contributed by atoms with Crippen LogP contribution in [0.5, 0.6) is 17.2 Å². The van der Waals surface area contributed by atoms with Crippen LogP contribution in [0, 0.1) is 5.92 Å². The molecule has 5 aromatic carbocycles. The number of aliphatic hydroxyl groups is 1. The number of rotatable bonds is 18. The van der Waals surface area contributed by atoms with Gasteiger partial charge < -0.3 is 44.9 Å². The second kappa shape index (κ2) is 20.0. The third-order valence-corrected chi connectivity index (χ3v) is 11.9. The van der Waals surface area contributed by atoms with Crippen molar-refractivity contribution in [3.8, 4) is 17.2 Å². The first-order valence-electron chi connectivity index (χ1n) is 21.4. The maximum absolute atomic E-state index is 14.1. The van der Waals surface area contributed by atoms with Crippen molar-refractivity contribution in [1.82, 2.24) is 25.4 Å². The highest BCUT2D eigenvalue weighted by atomic mass is 16.6. The van der Waals surface area contributed by atoms with Crippen molar-refractivity contribution >= 4 is 22.9 Å². The fourth-order valence-electron chi connectivity index (χ4n) is 8.58. The Hall–Kier alpha value is -6.67. The Morgan fingerprint density at radius 3 is 2.44 bits per heavy atom. The van der Waals surface area contributed by atoms with Gasteiger partial charge in [-0.15, -0.1) is 0 Å². The normalized spacial score (nSPS) is 17.5. The summed E-state index contributed by atoms with van der Waals surface area (Å²) in [5, 5.41) is 28.2. The second-order valence-corrected chi connectivity index (χ2v) is 16.2. The van der Waals surface area contributed by atoms with E-state index in [9.17, 15) is 24.6 Å². The van der Waals surface area contributed by atoms with Gasteiger partial charge in [0.2, 0.25) is 5.56 Å². The number of aromatic amines is 1. The Morgan fingerprint density at radius 2 is 1.67 bits per heavy atom. The number of aliphatic hydroxyl groups excluding tert-OH is 1. The topological polar surface area (TPSA) is 166 Å². The number of aromatic nitrogens is 1. The van der Waals surface area contributed by atoms with Gasteiger partial charge in [0.15, 0.2) is 0 Å². The van der Waals surface area contributed by atoms with Gasteiger partial charge in [-0.2, -0.15) is 0 Å². The Balaban J connectivity index is 0.885. The van der Waals surface area contributed by atoms with E-state index in [4.69, 9.17) is 14.2 Å². The molecule has 2 amide bonds. The van der Waals surface area contributed by atoms with Crippen molar-refractivity contribution in [3.63, 3.8) is 0 Å². The largest absolute Gasteiger partial charge is 0.506 e. The molecule has 2 saturated heterocycles. The molecule has 5 N–H and O–H groups in total. The number of nitrogens with one attached hydrogen (secondary N) is 3. The third-order valence-electron chi connectivity index (χ3n) is 11.9. The lowest BCUT2D eigenvalue weighted by atomic mass is 9.98. The number of nitrogens with zero attached hydrogens (tertiary/aromatic N) is 2. The monoisotopic (exact) mass is 851 g/mol. The van der Waals surface area contributed by atoms with Gasteiger partial charge >= 0.3 is 6.09 Å². The molecule has 2 aliphatic rings. The molecule has 0 radical (unpaired) electrons. The van der Waals surface area contributed by atoms with Crippen molar-refractivity contribution in [1.29, 1.82) is 0 Å². The molecule has 0 spiro atoms. The summed E-state index contributed by atoms with van der Waals surface area (Å²) in [4.78, 5) is 45.9. The highest BCUT2D eigenvalue weighted by Crippen LogP contribution is 2.32. The second-order valence-electron chi connectivity index (χ2n) is 16.2. The number of amides is 2. The van der Waals surface area contributed by atoms with E-state index in [1.54, 1.807) is 24.1 Å². The van der Waals surface area contributed by atoms with Crippen molar-refractivity contribution in [2.24, 2.45) is 5.92 Å².